The highest BCUT2D eigenvalue weighted by molar-refractivity contribution is 5.76. The van der Waals surface area contributed by atoms with E-state index in [0.29, 0.717) is 30.4 Å². The van der Waals surface area contributed by atoms with Gasteiger partial charge >= 0.3 is 18.2 Å². The normalized spacial score (nSPS) is 44.1. The summed E-state index contributed by atoms with van der Waals surface area (Å²) in [5, 5.41) is 14.0. The molecule has 1 saturated heterocycles. The summed E-state index contributed by atoms with van der Waals surface area (Å²) in [5.74, 6) is 1.08. The molecule has 0 radical (unpaired) electrons. The zero-order valence-electron chi connectivity index (χ0n) is 31.9. The number of likely N-dealkylation sites (tertiary alicyclic amines) is 1. The minimum atomic E-state index is -0.692. The first-order chi connectivity index (χ1) is 23.7. The summed E-state index contributed by atoms with van der Waals surface area (Å²) >= 11 is 0. The van der Waals surface area contributed by atoms with Crippen molar-refractivity contribution in [1.29, 1.82) is 0 Å². The van der Waals surface area contributed by atoms with Crippen LogP contribution in [0.1, 0.15) is 131 Å². The van der Waals surface area contributed by atoms with Crippen LogP contribution in [0, 0.1) is 62.6 Å². The lowest BCUT2D eigenvalue weighted by Gasteiger charge is -2.72. The zero-order chi connectivity index (χ0) is 35.7. The van der Waals surface area contributed by atoms with Gasteiger partial charge in [0.1, 0.15) is 12.7 Å². The molecular formula is C41H66N2O7. The minimum Gasteiger partial charge on any atom is -0.481 e. The van der Waals surface area contributed by atoms with Crippen LogP contribution in [-0.4, -0.2) is 73.2 Å². The van der Waals surface area contributed by atoms with Gasteiger partial charge < -0.3 is 24.6 Å². The molecular weight excluding hydrogens is 632 g/mol. The fourth-order valence-electron chi connectivity index (χ4n) is 14.0. The number of fused-ring (bicyclic) bond motifs is 7. The number of carboxylic acid groups (broad SMARTS) is 1. The van der Waals surface area contributed by atoms with E-state index in [1.165, 1.54) is 12.8 Å². The number of carbonyl (C=O) groups is 3. The third-order valence-electron chi connectivity index (χ3n) is 17.0. The Hall–Kier alpha value is -2.03. The molecule has 1 amide bonds. The molecule has 6 saturated carbocycles. The average Bonchev–Trinajstić information content (AvgIpc) is 3.54. The molecule has 9 heteroatoms. The van der Waals surface area contributed by atoms with Crippen molar-refractivity contribution in [1.82, 2.24) is 10.2 Å². The third kappa shape index (κ3) is 5.86. The smallest absolute Gasteiger partial charge is 0.481 e. The topological polar surface area (TPSA) is 114 Å². The van der Waals surface area contributed by atoms with E-state index in [2.05, 4.69) is 51.8 Å². The predicted molar refractivity (Wildman–Crippen MR) is 190 cm³/mol. The van der Waals surface area contributed by atoms with Gasteiger partial charge in [-0.25, -0.2) is 9.59 Å². The number of carboxylic acids is 1. The van der Waals surface area contributed by atoms with Gasteiger partial charge in [-0.1, -0.05) is 41.5 Å². The summed E-state index contributed by atoms with van der Waals surface area (Å²) in [5.41, 5.74) is -0.525. The number of amides is 1. The molecule has 7 rings (SSSR count). The zero-order valence-corrected chi connectivity index (χ0v) is 31.9. The maximum Gasteiger partial charge on any atom is 0.508 e. The van der Waals surface area contributed by atoms with Gasteiger partial charge in [0.05, 0.1) is 12.0 Å². The Morgan fingerprint density at radius 1 is 0.820 bits per heavy atom. The number of hydrogen-bond acceptors (Lipinski definition) is 7. The van der Waals surface area contributed by atoms with Crippen LogP contribution in [0.2, 0.25) is 0 Å². The monoisotopic (exact) mass is 698 g/mol. The maximum absolute atomic E-state index is 13.3. The predicted octanol–water partition coefficient (Wildman–Crippen LogP) is 8.29. The third-order valence-corrected chi connectivity index (χ3v) is 17.0. The maximum atomic E-state index is 13.3. The van der Waals surface area contributed by atoms with Gasteiger partial charge in [0, 0.05) is 18.0 Å². The van der Waals surface area contributed by atoms with Crippen molar-refractivity contribution in [2.75, 3.05) is 32.8 Å². The molecule has 0 bridgehead atoms. The molecule has 9 nitrogen and oxygen atoms in total. The SMILES string of the molecule is CC(COC(=O)OCCN1CCCC1)[C@@H]1CC[C@]2(C(=O)O)CC[C@]3(C)C(CCC4[C@@]5(C)CC[C@@H](OC(=O)NC6CC6)C(C)(C)C5CC[C@]43C)C12. The highest BCUT2D eigenvalue weighted by Crippen LogP contribution is 2.77. The lowest BCUT2D eigenvalue weighted by molar-refractivity contribution is -0.249. The van der Waals surface area contributed by atoms with E-state index < -0.39 is 17.5 Å². The van der Waals surface area contributed by atoms with E-state index in [-0.39, 0.29) is 58.2 Å². The number of carbonyl (C=O) groups excluding carboxylic acids is 2. The van der Waals surface area contributed by atoms with E-state index >= 15 is 0 Å². The summed E-state index contributed by atoms with van der Waals surface area (Å²) in [6.07, 6.45) is 13.3. The van der Waals surface area contributed by atoms with Crippen LogP contribution in [0.3, 0.4) is 0 Å². The lowest BCUT2D eigenvalue weighted by Crippen LogP contribution is -2.67. The summed E-state index contributed by atoms with van der Waals surface area (Å²) < 4.78 is 17.3. The van der Waals surface area contributed by atoms with E-state index in [4.69, 9.17) is 14.2 Å². The molecule has 0 aromatic heterocycles. The minimum absolute atomic E-state index is 0.0345. The second-order valence-electron chi connectivity index (χ2n) is 19.5. The molecule has 282 valence electrons. The van der Waals surface area contributed by atoms with E-state index in [1.54, 1.807) is 0 Å². The first-order valence-electron chi connectivity index (χ1n) is 20.4. The molecule has 1 heterocycles. The Kier molecular flexibility index (Phi) is 9.54. The molecule has 0 spiro atoms. The van der Waals surface area contributed by atoms with E-state index in [9.17, 15) is 19.5 Å². The van der Waals surface area contributed by atoms with Crippen LogP contribution < -0.4 is 5.32 Å². The van der Waals surface area contributed by atoms with Gasteiger partial charge in [-0.05, 0) is 155 Å². The first kappa shape index (κ1) is 36.3. The Morgan fingerprint density at radius 3 is 2.26 bits per heavy atom. The van der Waals surface area contributed by atoms with Crippen LogP contribution in [0.5, 0.6) is 0 Å². The second kappa shape index (κ2) is 13.1. The Labute approximate surface area is 300 Å². The van der Waals surface area contributed by atoms with Crippen molar-refractivity contribution in [2.45, 2.75) is 144 Å². The van der Waals surface area contributed by atoms with Crippen molar-refractivity contribution in [3.05, 3.63) is 0 Å². The fourth-order valence-corrected chi connectivity index (χ4v) is 14.0. The molecule has 1 aliphatic heterocycles. The van der Waals surface area contributed by atoms with Crippen molar-refractivity contribution < 1.29 is 33.7 Å². The van der Waals surface area contributed by atoms with Crippen molar-refractivity contribution in [3.8, 4) is 0 Å². The number of rotatable bonds is 9. The highest BCUT2D eigenvalue weighted by atomic mass is 16.7. The van der Waals surface area contributed by atoms with Crippen LogP contribution in [-0.2, 0) is 19.0 Å². The highest BCUT2D eigenvalue weighted by Gasteiger charge is 2.72. The summed E-state index contributed by atoms with van der Waals surface area (Å²) in [4.78, 5) is 41.0. The molecule has 5 unspecified atom stereocenters. The van der Waals surface area contributed by atoms with Crippen LogP contribution in [0.4, 0.5) is 9.59 Å². The first-order valence-corrected chi connectivity index (χ1v) is 20.4. The summed E-state index contributed by atoms with van der Waals surface area (Å²) in [6, 6.07) is 0.294. The lowest BCUT2D eigenvalue weighted by atomic mass is 9.32. The van der Waals surface area contributed by atoms with Gasteiger partial charge in [-0.15, -0.1) is 0 Å². The summed E-state index contributed by atoms with van der Waals surface area (Å²) in [7, 11) is 0. The largest absolute Gasteiger partial charge is 0.508 e. The number of aliphatic carboxylic acids is 1. The number of ether oxygens (including phenoxy) is 3. The van der Waals surface area contributed by atoms with E-state index in [1.807, 2.05) is 0 Å². The fraction of sp³-hybridized carbons (Fsp3) is 0.927. The average molecular weight is 699 g/mol. The number of hydrogen-bond donors (Lipinski definition) is 2. The Balaban J connectivity index is 1.06. The quantitative estimate of drug-likeness (QED) is 0.231. The van der Waals surface area contributed by atoms with Gasteiger partial charge in [0.25, 0.3) is 0 Å². The summed E-state index contributed by atoms with van der Waals surface area (Å²) in [6.45, 7) is 18.0. The van der Waals surface area contributed by atoms with Crippen LogP contribution in [0.15, 0.2) is 0 Å². The van der Waals surface area contributed by atoms with Crippen LogP contribution in [0.25, 0.3) is 0 Å². The van der Waals surface area contributed by atoms with E-state index in [0.717, 1.165) is 96.7 Å². The molecule has 6 aliphatic carbocycles. The standard InChI is InChI=1S/C41H66N2O7/c1-26(25-49-36(47)48-24-23-43-21-7-8-22-43)28-13-18-41(34(44)45)20-19-39(5)29(33(28)41)11-12-31-38(4)16-15-32(50-35(46)42-27-9-10-27)37(2,3)30(38)14-17-40(31,39)6/h26-33H,7-25H2,1-6H3,(H,42,46)(H,44,45)/t26?,28-,29?,30?,31?,32+,33?,38-,39+,40+,41-/m0/s1. The van der Waals surface area contributed by atoms with Crippen LogP contribution >= 0.6 is 0 Å². The molecule has 7 aliphatic rings. The molecule has 2 N–H and O–H groups in total. The molecule has 0 aromatic rings. The second-order valence-corrected chi connectivity index (χ2v) is 19.5. The molecule has 7 fully saturated rings. The number of nitrogens with one attached hydrogen (secondary N) is 1. The van der Waals surface area contributed by atoms with Crippen molar-refractivity contribution in [2.24, 2.45) is 62.6 Å². The Morgan fingerprint density at radius 2 is 1.56 bits per heavy atom. The molecule has 0 aromatic carbocycles. The van der Waals surface area contributed by atoms with Gasteiger partial charge in [-0.2, -0.15) is 0 Å². The van der Waals surface area contributed by atoms with Gasteiger partial charge in [-0.3, -0.25) is 9.69 Å². The molecule has 11 atom stereocenters. The molecule has 50 heavy (non-hydrogen) atoms. The van der Waals surface area contributed by atoms with Crippen molar-refractivity contribution >= 4 is 18.2 Å². The van der Waals surface area contributed by atoms with Gasteiger partial charge in [0.2, 0.25) is 0 Å². The number of nitrogens with zero attached hydrogens (tertiary/aromatic N) is 1. The van der Waals surface area contributed by atoms with Crippen molar-refractivity contribution in [3.63, 3.8) is 0 Å². The Bertz CT molecular complexity index is 1310. The van der Waals surface area contributed by atoms with Gasteiger partial charge in [0.15, 0.2) is 0 Å². The number of alkyl carbamates (subject to hydrolysis) is 1.